The number of hydrogen-bond acceptors (Lipinski definition) is 8. The predicted octanol–water partition coefficient (Wildman–Crippen LogP) is 10.0. The summed E-state index contributed by atoms with van der Waals surface area (Å²) in [5.74, 6) is 0. The van der Waals surface area contributed by atoms with Gasteiger partial charge in [0.15, 0.2) is 0 Å². The molecule has 6 aromatic carbocycles. The highest BCUT2D eigenvalue weighted by atomic mass is 127. The van der Waals surface area contributed by atoms with Crippen molar-refractivity contribution in [3.63, 3.8) is 0 Å². The van der Waals surface area contributed by atoms with E-state index >= 15 is 0 Å². The molecule has 0 heterocycles. The Bertz CT molecular complexity index is 2280. The fourth-order valence-electron chi connectivity index (χ4n) is 4.95. The standard InChI is InChI=1S/C14H10N2O2.C13H10INO2.C13H11N3/c1-10-2-7-14(12(8-10)9-15)11-3-5-13(6-4-11)16(17)18;1-9-2-7-12(13(14)8-9)10-3-5-11(6-4-10)15(16)17;14-8-10-7-12(16)5-6-13(10)9-1-3-11(15)4-2-9/h2-8H,1H3;2-8H,1H3;1-7H,15-16H2. The Hall–Kier alpha value is -6.57. The topological polar surface area (TPSA) is 186 Å². The van der Waals surface area contributed by atoms with Gasteiger partial charge in [-0.1, -0.05) is 48.0 Å². The Morgan fingerprint density at radius 3 is 1.35 bits per heavy atom. The zero-order chi connectivity index (χ0) is 37.1. The van der Waals surface area contributed by atoms with Crippen LogP contribution in [0.3, 0.4) is 0 Å². The maximum Gasteiger partial charge on any atom is 0.269 e. The Kier molecular flexibility index (Phi) is 12.6. The zero-order valence-electron chi connectivity index (χ0n) is 27.6. The summed E-state index contributed by atoms with van der Waals surface area (Å²) in [7, 11) is 0. The highest BCUT2D eigenvalue weighted by Crippen LogP contribution is 2.29. The number of nitrogen functional groups attached to an aromatic ring is 2. The molecule has 0 saturated carbocycles. The van der Waals surface area contributed by atoms with E-state index in [1.165, 1.54) is 29.8 Å². The van der Waals surface area contributed by atoms with Crippen LogP contribution in [0.2, 0.25) is 0 Å². The van der Waals surface area contributed by atoms with E-state index in [4.69, 9.17) is 22.0 Å². The molecule has 0 aliphatic carbocycles. The molecule has 10 nitrogen and oxygen atoms in total. The molecule has 0 amide bonds. The summed E-state index contributed by atoms with van der Waals surface area (Å²) in [5.41, 5.74) is 21.6. The fraction of sp³-hybridized carbons (Fsp3) is 0.0500. The third-order valence-corrected chi connectivity index (χ3v) is 8.48. The van der Waals surface area contributed by atoms with Gasteiger partial charge in [0, 0.05) is 39.2 Å². The third kappa shape index (κ3) is 9.98. The van der Waals surface area contributed by atoms with Crippen molar-refractivity contribution in [3.8, 4) is 45.5 Å². The van der Waals surface area contributed by atoms with E-state index < -0.39 is 4.92 Å². The van der Waals surface area contributed by atoms with Crippen LogP contribution in [0, 0.1) is 60.3 Å². The molecule has 0 radical (unpaired) electrons. The number of halogens is 1. The van der Waals surface area contributed by atoms with Gasteiger partial charge in [0.25, 0.3) is 11.4 Å². The molecule has 11 heteroatoms. The quantitative estimate of drug-likeness (QED) is 0.0748. The van der Waals surface area contributed by atoms with Crippen LogP contribution in [0.1, 0.15) is 22.3 Å². The lowest BCUT2D eigenvalue weighted by molar-refractivity contribution is -0.385. The number of anilines is 2. The lowest BCUT2D eigenvalue weighted by Gasteiger charge is -2.05. The van der Waals surface area contributed by atoms with Gasteiger partial charge in [-0.3, -0.25) is 20.2 Å². The maximum atomic E-state index is 10.6. The lowest BCUT2D eigenvalue weighted by Crippen LogP contribution is -1.90. The summed E-state index contributed by atoms with van der Waals surface area (Å²) < 4.78 is 1.15. The third-order valence-electron chi connectivity index (χ3n) is 7.58. The molecular weight excluding hydrogens is 755 g/mol. The Labute approximate surface area is 308 Å². The van der Waals surface area contributed by atoms with E-state index in [1.54, 1.807) is 42.5 Å². The molecule has 252 valence electrons. The summed E-state index contributed by atoms with van der Waals surface area (Å²) in [6.07, 6.45) is 0. The molecular formula is C40H31IN6O4. The van der Waals surface area contributed by atoms with Crippen molar-refractivity contribution >= 4 is 45.3 Å². The van der Waals surface area contributed by atoms with Crippen LogP contribution in [-0.2, 0) is 0 Å². The van der Waals surface area contributed by atoms with Gasteiger partial charge in [-0.2, -0.15) is 10.5 Å². The van der Waals surface area contributed by atoms with Gasteiger partial charge in [-0.25, -0.2) is 0 Å². The largest absolute Gasteiger partial charge is 0.399 e. The van der Waals surface area contributed by atoms with Gasteiger partial charge in [-0.15, -0.1) is 0 Å². The van der Waals surface area contributed by atoms with Gasteiger partial charge in [-0.05, 0) is 136 Å². The minimum absolute atomic E-state index is 0.0457. The first-order chi connectivity index (χ1) is 24.4. The van der Waals surface area contributed by atoms with Crippen molar-refractivity contribution in [2.75, 3.05) is 11.5 Å². The molecule has 0 saturated heterocycles. The number of hydrogen-bond donors (Lipinski definition) is 2. The molecule has 0 aliphatic rings. The van der Waals surface area contributed by atoms with Crippen LogP contribution in [0.4, 0.5) is 22.7 Å². The number of nitrogens with zero attached hydrogens (tertiary/aromatic N) is 4. The number of nitrogens with two attached hydrogens (primary N) is 2. The molecule has 0 fully saturated rings. The number of non-ortho nitro benzene ring substituents is 2. The molecule has 6 aromatic rings. The second kappa shape index (κ2) is 17.2. The van der Waals surface area contributed by atoms with E-state index in [0.29, 0.717) is 22.5 Å². The highest BCUT2D eigenvalue weighted by Gasteiger charge is 2.10. The van der Waals surface area contributed by atoms with Gasteiger partial charge >= 0.3 is 0 Å². The maximum absolute atomic E-state index is 10.6. The summed E-state index contributed by atoms with van der Waals surface area (Å²) in [5, 5.41) is 39.3. The average molecular weight is 787 g/mol. The minimum atomic E-state index is -0.440. The lowest BCUT2D eigenvalue weighted by atomic mass is 9.98. The summed E-state index contributed by atoms with van der Waals surface area (Å²) in [6, 6.07) is 41.6. The van der Waals surface area contributed by atoms with Crippen molar-refractivity contribution in [1.29, 1.82) is 10.5 Å². The second-order valence-electron chi connectivity index (χ2n) is 11.3. The summed E-state index contributed by atoms with van der Waals surface area (Å²) in [6.45, 7) is 3.96. The van der Waals surface area contributed by atoms with E-state index in [0.717, 1.165) is 42.5 Å². The van der Waals surface area contributed by atoms with Crippen molar-refractivity contribution in [2.24, 2.45) is 0 Å². The van der Waals surface area contributed by atoms with Crippen molar-refractivity contribution in [2.45, 2.75) is 13.8 Å². The Morgan fingerprint density at radius 1 is 0.529 bits per heavy atom. The van der Waals surface area contributed by atoms with Crippen LogP contribution < -0.4 is 11.5 Å². The van der Waals surface area contributed by atoms with E-state index in [9.17, 15) is 20.2 Å². The first kappa shape index (κ1) is 37.3. The second-order valence-corrected chi connectivity index (χ2v) is 12.5. The summed E-state index contributed by atoms with van der Waals surface area (Å²) >= 11 is 2.28. The number of aryl methyl sites for hydroxylation is 2. The molecule has 4 N–H and O–H groups in total. The fourth-order valence-corrected chi connectivity index (χ4v) is 5.93. The number of benzene rings is 6. The zero-order valence-corrected chi connectivity index (χ0v) is 29.7. The molecule has 0 unspecified atom stereocenters. The van der Waals surface area contributed by atoms with Gasteiger partial charge in [0.2, 0.25) is 0 Å². The van der Waals surface area contributed by atoms with Crippen molar-refractivity contribution in [1.82, 2.24) is 0 Å². The number of nitro benzene ring substituents is 2. The summed E-state index contributed by atoms with van der Waals surface area (Å²) in [4.78, 5) is 20.3. The molecule has 0 bridgehead atoms. The number of nitriles is 2. The van der Waals surface area contributed by atoms with Crippen molar-refractivity contribution < 1.29 is 9.85 Å². The highest BCUT2D eigenvalue weighted by molar-refractivity contribution is 14.1. The van der Waals surface area contributed by atoms with Gasteiger partial charge in [0.05, 0.1) is 33.1 Å². The molecule has 0 aromatic heterocycles. The molecule has 51 heavy (non-hydrogen) atoms. The smallest absolute Gasteiger partial charge is 0.269 e. The number of rotatable bonds is 5. The average Bonchev–Trinajstić information content (AvgIpc) is 3.12. The molecule has 6 rings (SSSR count). The monoisotopic (exact) mass is 786 g/mol. The van der Waals surface area contributed by atoms with Crippen LogP contribution >= 0.6 is 22.6 Å². The molecule has 0 aliphatic heterocycles. The van der Waals surface area contributed by atoms with Crippen LogP contribution in [0.15, 0.2) is 127 Å². The molecule has 0 spiro atoms. The van der Waals surface area contributed by atoms with Crippen molar-refractivity contribution in [3.05, 3.63) is 173 Å². The number of nitro groups is 2. The predicted molar refractivity (Wildman–Crippen MR) is 209 cm³/mol. The van der Waals surface area contributed by atoms with E-state index in [-0.39, 0.29) is 16.3 Å². The van der Waals surface area contributed by atoms with Gasteiger partial charge in [0.1, 0.15) is 0 Å². The first-order valence-corrected chi connectivity index (χ1v) is 16.4. The SMILES string of the molecule is Cc1ccc(-c2ccc([N+](=O)[O-])cc2)c(C#N)c1.Cc1ccc(-c2ccc([N+](=O)[O-])cc2)c(I)c1.N#Cc1cc(N)ccc1-c1ccc(N)cc1. The Morgan fingerprint density at radius 2 is 0.902 bits per heavy atom. The normalized spacial score (nSPS) is 9.90. The first-order valence-electron chi connectivity index (χ1n) is 15.3. The van der Waals surface area contributed by atoms with Crippen LogP contribution in [0.5, 0.6) is 0 Å². The minimum Gasteiger partial charge on any atom is -0.399 e. The van der Waals surface area contributed by atoms with Gasteiger partial charge < -0.3 is 11.5 Å². The molecule has 0 atom stereocenters. The van der Waals surface area contributed by atoms with E-state index in [2.05, 4.69) is 40.8 Å². The Balaban J connectivity index is 0.000000172. The van der Waals surface area contributed by atoms with Crippen LogP contribution in [-0.4, -0.2) is 9.85 Å². The van der Waals surface area contributed by atoms with E-state index in [1.807, 2.05) is 68.4 Å². The van der Waals surface area contributed by atoms with Crippen LogP contribution in [0.25, 0.3) is 33.4 Å².